The van der Waals surface area contributed by atoms with Crippen LogP contribution in [-0.4, -0.2) is 11.9 Å². The van der Waals surface area contributed by atoms with E-state index in [1.807, 2.05) is 0 Å². The third kappa shape index (κ3) is 3.17. The van der Waals surface area contributed by atoms with Crippen molar-refractivity contribution in [1.29, 1.82) is 0 Å². The van der Waals surface area contributed by atoms with Crippen LogP contribution in [0.5, 0.6) is 0 Å². The standard InChI is InChI=1S/C11H11ClF3N3O/c1-4-5(2)8(12)6(9(19)18-10(16)17)3-7(4)11(13,14)15/h3H,1-2H3,(H4,16,17,18,19). The molecule has 4 N–H and O–H groups in total. The topological polar surface area (TPSA) is 81.5 Å². The number of nitrogens with two attached hydrogens (primary N) is 2. The summed E-state index contributed by atoms with van der Waals surface area (Å²) in [6.45, 7) is 2.66. The van der Waals surface area contributed by atoms with Gasteiger partial charge in [-0.3, -0.25) is 4.79 Å². The molecule has 0 unspecified atom stereocenters. The van der Waals surface area contributed by atoms with Crippen LogP contribution in [0.1, 0.15) is 27.0 Å². The largest absolute Gasteiger partial charge is 0.416 e. The van der Waals surface area contributed by atoms with E-state index < -0.39 is 23.6 Å². The van der Waals surface area contributed by atoms with Gasteiger partial charge in [-0.05, 0) is 31.0 Å². The molecule has 104 valence electrons. The van der Waals surface area contributed by atoms with E-state index in [1.165, 1.54) is 13.8 Å². The first-order valence-corrected chi connectivity index (χ1v) is 5.44. The SMILES string of the molecule is Cc1c(C(F)(F)F)cc(C(=O)N=C(N)N)c(Cl)c1C. The van der Waals surface area contributed by atoms with Gasteiger partial charge in [-0.15, -0.1) is 0 Å². The number of benzene rings is 1. The lowest BCUT2D eigenvalue weighted by atomic mass is 9.98. The van der Waals surface area contributed by atoms with Crippen LogP contribution in [-0.2, 0) is 6.18 Å². The number of hydrogen-bond donors (Lipinski definition) is 2. The minimum Gasteiger partial charge on any atom is -0.370 e. The smallest absolute Gasteiger partial charge is 0.370 e. The van der Waals surface area contributed by atoms with Crippen LogP contribution in [0.3, 0.4) is 0 Å². The predicted molar refractivity (Wildman–Crippen MR) is 66.1 cm³/mol. The summed E-state index contributed by atoms with van der Waals surface area (Å²) in [5, 5.41) is -0.0968. The van der Waals surface area contributed by atoms with Gasteiger partial charge in [0.15, 0.2) is 5.96 Å². The Bertz CT molecular complexity index is 563. The average Bonchev–Trinajstić information content (AvgIpc) is 2.23. The molecule has 0 aromatic heterocycles. The first-order chi connectivity index (χ1) is 8.55. The van der Waals surface area contributed by atoms with Crippen LogP contribution in [0.2, 0.25) is 5.02 Å². The van der Waals surface area contributed by atoms with E-state index in [1.54, 1.807) is 0 Å². The molecule has 0 bridgehead atoms. The maximum absolute atomic E-state index is 12.8. The van der Waals surface area contributed by atoms with E-state index in [0.29, 0.717) is 6.07 Å². The highest BCUT2D eigenvalue weighted by Gasteiger charge is 2.34. The molecule has 1 amide bonds. The van der Waals surface area contributed by atoms with Crippen LogP contribution in [0, 0.1) is 13.8 Å². The Morgan fingerprint density at radius 2 is 1.79 bits per heavy atom. The first kappa shape index (κ1) is 15.3. The van der Waals surface area contributed by atoms with Gasteiger partial charge in [0, 0.05) is 0 Å². The fourth-order valence-corrected chi connectivity index (χ4v) is 1.79. The van der Waals surface area contributed by atoms with Crippen LogP contribution < -0.4 is 11.5 Å². The number of alkyl halides is 3. The third-order valence-electron chi connectivity index (χ3n) is 2.59. The predicted octanol–water partition coefficient (Wildman–Crippen LogP) is 2.39. The molecule has 0 heterocycles. The molecule has 0 atom stereocenters. The molecule has 0 aliphatic heterocycles. The van der Waals surface area contributed by atoms with Gasteiger partial charge in [0.05, 0.1) is 16.1 Å². The summed E-state index contributed by atoms with van der Waals surface area (Å²) in [5.41, 5.74) is 8.82. The number of hydrogen-bond acceptors (Lipinski definition) is 1. The molecule has 1 aromatic carbocycles. The Morgan fingerprint density at radius 1 is 1.26 bits per heavy atom. The maximum Gasteiger partial charge on any atom is 0.416 e. The fraction of sp³-hybridized carbons (Fsp3) is 0.273. The summed E-state index contributed by atoms with van der Waals surface area (Å²) in [6.07, 6.45) is -4.59. The molecular weight excluding hydrogens is 283 g/mol. The summed E-state index contributed by atoms with van der Waals surface area (Å²) in [5.74, 6) is -1.56. The number of guanidine groups is 1. The molecule has 0 saturated heterocycles. The molecule has 8 heteroatoms. The van der Waals surface area contributed by atoms with Gasteiger partial charge >= 0.3 is 6.18 Å². The van der Waals surface area contributed by atoms with Gasteiger partial charge in [-0.1, -0.05) is 11.6 Å². The molecule has 0 fully saturated rings. The van der Waals surface area contributed by atoms with Crippen molar-refractivity contribution < 1.29 is 18.0 Å². The van der Waals surface area contributed by atoms with Crippen molar-refractivity contribution in [2.24, 2.45) is 16.5 Å². The molecule has 0 radical (unpaired) electrons. The summed E-state index contributed by atoms with van der Waals surface area (Å²) in [7, 11) is 0. The molecule has 4 nitrogen and oxygen atoms in total. The van der Waals surface area contributed by atoms with Crippen molar-refractivity contribution in [2.75, 3.05) is 0 Å². The Balaban J connectivity index is 3.55. The Labute approximate surface area is 112 Å². The van der Waals surface area contributed by atoms with Crippen molar-refractivity contribution in [3.63, 3.8) is 0 Å². The van der Waals surface area contributed by atoms with Gasteiger partial charge in [0.1, 0.15) is 0 Å². The first-order valence-electron chi connectivity index (χ1n) is 5.06. The average molecular weight is 294 g/mol. The fourth-order valence-electron chi connectivity index (χ4n) is 1.51. The van der Waals surface area contributed by atoms with Crippen molar-refractivity contribution in [3.05, 3.63) is 33.3 Å². The zero-order valence-electron chi connectivity index (χ0n) is 10.1. The number of aliphatic imine (C=N–C) groups is 1. The van der Waals surface area contributed by atoms with E-state index in [0.717, 1.165) is 0 Å². The quantitative estimate of drug-likeness (QED) is 0.616. The monoisotopic (exact) mass is 293 g/mol. The molecule has 0 spiro atoms. The molecule has 0 saturated carbocycles. The summed E-state index contributed by atoms with van der Waals surface area (Å²) in [4.78, 5) is 14.8. The number of nitrogens with zero attached hydrogens (tertiary/aromatic N) is 1. The Kier molecular flexibility index (Phi) is 4.09. The Hall–Kier alpha value is -1.76. The number of carbonyl (C=O) groups is 1. The zero-order valence-corrected chi connectivity index (χ0v) is 10.9. The normalized spacial score (nSPS) is 11.3. The van der Waals surface area contributed by atoms with E-state index in [9.17, 15) is 18.0 Å². The van der Waals surface area contributed by atoms with Crippen LogP contribution in [0.15, 0.2) is 11.1 Å². The zero-order chi connectivity index (χ0) is 15.0. The molecule has 0 aliphatic rings. The number of rotatable bonds is 1. The van der Waals surface area contributed by atoms with E-state index >= 15 is 0 Å². The summed E-state index contributed by atoms with van der Waals surface area (Å²) in [6, 6.07) is 0.652. The lowest BCUT2D eigenvalue weighted by Gasteiger charge is -2.15. The summed E-state index contributed by atoms with van der Waals surface area (Å²) >= 11 is 5.86. The highest BCUT2D eigenvalue weighted by atomic mass is 35.5. The van der Waals surface area contributed by atoms with Crippen molar-refractivity contribution >= 4 is 23.5 Å². The van der Waals surface area contributed by atoms with Gasteiger partial charge < -0.3 is 11.5 Å². The van der Waals surface area contributed by atoms with Crippen molar-refractivity contribution in [1.82, 2.24) is 0 Å². The lowest BCUT2D eigenvalue weighted by Crippen LogP contribution is -2.24. The number of halogens is 4. The maximum atomic E-state index is 12.8. The second-order valence-electron chi connectivity index (χ2n) is 3.88. The molecule has 0 aliphatic carbocycles. The minimum atomic E-state index is -4.59. The second-order valence-corrected chi connectivity index (χ2v) is 4.25. The van der Waals surface area contributed by atoms with Gasteiger partial charge in [0.2, 0.25) is 0 Å². The van der Waals surface area contributed by atoms with Crippen molar-refractivity contribution in [3.8, 4) is 0 Å². The minimum absolute atomic E-state index is 0.0428. The van der Waals surface area contributed by atoms with Gasteiger partial charge in [0.25, 0.3) is 5.91 Å². The van der Waals surface area contributed by atoms with Crippen molar-refractivity contribution in [2.45, 2.75) is 20.0 Å². The van der Waals surface area contributed by atoms with E-state index in [4.69, 9.17) is 23.1 Å². The number of carbonyl (C=O) groups excluding carboxylic acids is 1. The molecular formula is C11H11ClF3N3O. The second kappa shape index (κ2) is 5.08. The molecule has 1 rings (SSSR count). The third-order valence-corrected chi connectivity index (χ3v) is 3.07. The van der Waals surface area contributed by atoms with Crippen LogP contribution >= 0.6 is 11.6 Å². The molecule has 1 aromatic rings. The van der Waals surface area contributed by atoms with Gasteiger partial charge in [-0.2, -0.15) is 18.2 Å². The van der Waals surface area contributed by atoms with E-state index in [-0.39, 0.29) is 21.7 Å². The van der Waals surface area contributed by atoms with Crippen LogP contribution in [0.25, 0.3) is 0 Å². The van der Waals surface area contributed by atoms with Gasteiger partial charge in [-0.25, -0.2) is 0 Å². The lowest BCUT2D eigenvalue weighted by molar-refractivity contribution is -0.138. The highest BCUT2D eigenvalue weighted by Crippen LogP contribution is 2.37. The highest BCUT2D eigenvalue weighted by molar-refractivity contribution is 6.35. The summed E-state index contributed by atoms with van der Waals surface area (Å²) < 4.78 is 38.5. The molecule has 19 heavy (non-hydrogen) atoms. The Morgan fingerprint density at radius 3 is 2.21 bits per heavy atom. The van der Waals surface area contributed by atoms with E-state index in [2.05, 4.69) is 4.99 Å². The van der Waals surface area contributed by atoms with Crippen LogP contribution in [0.4, 0.5) is 13.2 Å². The number of amides is 1.